The van der Waals surface area contributed by atoms with E-state index in [0.29, 0.717) is 6.10 Å². The molecule has 0 aromatic heterocycles. The van der Waals surface area contributed by atoms with Gasteiger partial charge in [-0.15, -0.1) is 6.58 Å². The van der Waals surface area contributed by atoms with Crippen LogP contribution in [-0.2, 0) is 19.3 Å². The largest absolute Gasteiger partial charge is 0.481 e. The van der Waals surface area contributed by atoms with Crippen molar-refractivity contribution in [3.8, 4) is 0 Å². The van der Waals surface area contributed by atoms with E-state index in [9.17, 15) is 4.79 Å². The smallest absolute Gasteiger partial charge is 0.306 e. The second-order valence-corrected chi connectivity index (χ2v) is 8.82. The maximum absolute atomic E-state index is 10.8. The summed E-state index contributed by atoms with van der Waals surface area (Å²) in [6.07, 6.45) is 26.6. The first kappa shape index (κ1) is 25.8. The maximum atomic E-state index is 10.8. The number of ether oxygens (including phenoxy) is 1. The van der Waals surface area contributed by atoms with Gasteiger partial charge in [0.05, 0.1) is 18.6 Å². The van der Waals surface area contributed by atoms with E-state index in [4.69, 9.17) is 19.6 Å². The molecule has 0 saturated carbocycles. The van der Waals surface area contributed by atoms with E-state index < -0.39 is 5.97 Å². The van der Waals surface area contributed by atoms with Gasteiger partial charge in [-0.05, 0) is 57.8 Å². The minimum absolute atomic E-state index is 0.00529. The molecule has 0 aromatic carbocycles. The fourth-order valence-electron chi connectivity index (χ4n) is 4.30. The highest BCUT2D eigenvalue weighted by molar-refractivity contribution is 5.67. The first-order valence-corrected chi connectivity index (χ1v) is 12.3. The predicted molar refractivity (Wildman–Crippen MR) is 124 cm³/mol. The van der Waals surface area contributed by atoms with Crippen LogP contribution in [0.3, 0.4) is 0 Å². The summed E-state index contributed by atoms with van der Waals surface area (Å²) >= 11 is 0. The standard InChI is InChI=1S/C26H42O5/c1-2-3-4-5-6-7-8-9-10-11-12-13-14-15-16-22-17-19-24(29-22)25-20-18-23(30-31-25)21-26(27)28/h2,5-8,22-25H,1,3-4,9-21H2,(H,27,28)/b6-5-,8-7-/t22-,23+,24+,25+/m1/s1. The van der Waals surface area contributed by atoms with Crippen molar-refractivity contribution in [3.63, 3.8) is 0 Å². The highest BCUT2D eigenvalue weighted by Crippen LogP contribution is 2.31. The number of carboxylic acid groups (broad SMARTS) is 1. The van der Waals surface area contributed by atoms with Crippen LogP contribution in [0.15, 0.2) is 37.0 Å². The molecule has 2 aliphatic heterocycles. The Morgan fingerprint density at radius 1 is 0.806 bits per heavy atom. The summed E-state index contributed by atoms with van der Waals surface area (Å²) in [4.78, 5) is 21.5. The normalized spacial score (nSPS) is 26.7. The Balaban J connectivity index is 1.41. The number of carboxylic acids is 1. The van der Waals surface area contributed by atoms with Gasteiger partial charge in [0.2, 0.25) is 0 Å². The van der Waals surface area contributed by atoms with Gasteiger partial charge in [-0.25, -0.2) is 9.78 Å². The van der Waals surface area contributed by atoms with E-state index in [1.54, 1.807) is 0 Å². The van der Waals surface area contributed by atoms with Gasteiger partial charge in [0.25, 0.3) is 0 Å². The molecule has 0 bridgehead atoms. The predicted octanol–water partition coefficient (Wildman–Crippen LogP) is 6.69. The highest BCUT2D eigenvalue weighted by Gasteiger charge is 2.36. The Labute approximate surface area is 188 Å². The van der Waals surface area contributed by atoms with Crippen LogP contribution >= 0.6 is 0 Å². The minimum Gasteiger partial charge on any atom is -0.481 e. The van der Waals surface area contributed by atoms with Crippen LogP contribution in [0.2, 0.25) is 0 Å². The lowest BCUT2D eigenvalue weighted by molar-refractivity contribution is -0.385. The number of carbonyl (C=O) groups is 1. The maximum Gasteiger partial charge on any atom is 0.306 e. The Kier molecular flexibility index (Phi) is 13.5. The van der Waals surface area contributed by atoms with Crippen molar-refractivity contribution in [3.05, 3.63) is 37.0 Å². The lowest BCUT2D eigenvalue weighted by atomic mass is 10.0. The molecule has 176 valence electrons. The van der Waals surface area contributed by atoms with Gasteiger partial charge >= 0.3 is 5.97 Å². The van der Waals surface area contributed by atoms with Crippen LogP contribution < -0.4 is 0 Å². The summed E-state index contributed by atoms with van der Waals surface area (Å²) in [5, 5.41) is 8.84. The number of unbranched alkanes of at least 4 members (excludes halogenated alkanes) is 7. The summed E-state index contributed by atoms with van der Waals surface area (Å²) in [6, 6.07) is 0. The lowest BCUT2D eigenvalue weighted by Crippen LogP contribution is -2.37. The molecule has 2 saturated heterocycles. The van der Waals surface area contributed by atoms with Gasteiger partial charge in [0.1, 0.15) is 12.2 Å². The van der Waals surface area contributed by atoms with E-state index in [0.717, 1.165) is 44.9 Å². The average molecular weight is 435 g/mol. The second-order valence-electron chi connectivity index (χ2n) is 8.82. The van der Waals surface area contributed by atoms with Gasteiger partial charge in [-0.3, -0.25) is 4.79 Å². The first-order chi connectivity index (χ1) is 15.2. The molecular formula is C26H42O5. The third-order valence-corrected chi connectivity index (χ3v) is 6.11. The monoisotopic (exact) mass is 434 g/mol. The summed E-state index contributed by atoms with van der Waals surface area (Å²) in [6.45, 7) is 3.72. The third-order valence-electron chi connectivity index (χ3n) is 6.11. The van der Waals surface area contributed by atoms with Crippen molar-refractivity contribution < 1.29 is 24.4 Å². The molecule has 31 heavy (non-hydrogen) atoms. The van der Waals surface area contributed by atoms with Gasteiger partial charge in [0.15, 0.2) is 0 Å². The molecule has 0 unspecified atom stereocenters. The van der Waals surface area contributed by atoms with Crippen LogP contribution in [0.5, 0.6) is 0 Å². The molecule has 2 heterocycles. The molecule has 0 aliphatic carbocycles. The van der Waals surface area contributed by atoms with Crippen LogP contribution in [0.1, 0.15) is 96.3 Å². The van der Waals surface area contributed by atoms with Crippen LogP contribution in [0.4, 0.5) is 0 Å². The molecule has 2 fully saturated rings. The van der Waals surface area contributed by atoms with Gasteiger partial charge in [-0.1, -0.05) is 62.5 Å². The number of rotatable bonds is 16. The Bertz CT molecular complexity index is 548. The van der Waals surface area contributed by atoms with Gasteiger partial charge in [-0.2, -0.15) is 0 Å². The number of aliphatic carboxylic acids is 1. The minimum atomic E-state index is -0.844. The summed E-state index contributed by atoms with van der Waals surface area (Å²) in [5.74, 6) is -0.844. The molecule has 5 nitrogen and oxygen atoms in total. The van der Waals surface area contributed by atoms with Crippen molar-refractivity contribution in [2.24, 2.45) is 0 Å². The van der Waals surface area contributed by atoms with E-state index in [1.807, 2.05) is 6.08 Å². The summed E-state index contributed by atoms with van der Waals surface area (Å²) < 4.78 is 6.19. The zero-order chi connectivity index (χ0) is 22.2. The molecule has 2 aliphatic rings. The van der Waals surface area contributed by atoms with Crippen molar-refractivity contribution in [2.45, 2.75) is 121 Å². The van der Waals surface area contributed by atoms with E-state index in [1.165, 1.54) is 44.9 Å². The summed E-state index contributed by atoms with van der Waals surface area (Å²) in [5.41, 5.74) is 0. The van der Waals surface area contributed by atoms with Crippen molar-refractivity contribution in [1.82, 2.24) is 0 Å². The Morgan fingerprint density at radius 2 is 1.48 bits per heavy atom. The zero-order valence-electron chi connectivity index (χ0n) is 19.1. The lowest BCUT2D eigenvalue weighted by Gasteiger charge is -2.30. The van der Waals surface area contributed by atoms with E-state index in [-0.39, 0.29) is 24.7 Å². The van der Waals surface area contributed by atoms with Crippen LogP contribution in [-0.4, -0.2) is 35.5 Å². The number of hydrogen-bond acceptors (Lipinski definition) is 4. The molecule has 5 heteroatoms. The van der Waals surface area contributed by atoms with Crippen LogP contribution in [0.25, 0.3) is 0 Å². The Hall–Kier alpha value is -1.43. The van der Waals surface area contributed by atoms with E-state index in [2.05, 4.69) is 30.9 Å². The molecule has 0 radical (unpaired) electrons. The third kappa shape index (κ3) is 11.7. The molecule has 0 amide bonds. The molecule has 1 N–H and O–H groups in total. The number of allylic oxidation sites excluding steroid dienone is 5. The molecule has 0 spiro atoms. The molecular weight excluding hydrogens is 392 g/mol. The molecule has 2 rings (SSSR count). The SMILES string of the molecule is C=CCC/C=C\C=C/CCCCCCCC[C@@H]1CC[C@@H]([C@@H]2CC[C@@H](CC(=O)O)OO2)O1. The molecule has 4 atom stereocenters. The topological polar surface area (TPSA) is 65.0 Å². The van der Waals surface area contributed by atoms with Gasteiger partial charge < -0.3 is 9.84 Å². The summed E-state index contributed by atoms with van der Waals surface area (Å²) in [7, 11) is 0. The highest BCUT2D eigenvalue weighted by atomic mass is 17.2. The van der Waals surface area contributed by atoms with Gasteiger partial charge in [0, 0.05) is 0 Å². The fraction of sp³-hybridized carbons (Fsp3) is 0.731. The van der Waals surface area contributed by atoms with Crippen molar-refractivity contribution in [2.75, 3.05) is 0 Å². The number of hydrogen-bond donors (Lipinski definition) is 1. The zero-order valence-corrected chi connectivity index (χ0v) is 19.1. The quantitative estimate of drug-likeness (QED) is 0.127. The average Bonchev–Trinajstić information content (AvgIpc) is 3.23. The first-order valence-electron chi connectivity index (χ1n) is 12.3. The molecule has 0 aromatic rings. The van der Waals surface area contributed by atoms with Crippen molar-refractivity contribution >= 4 is 5.97 Å². The van der Waals surface area contributed by atoms with E-state index >= 15 is 0 Å². The second kappa shape index (κ2) is 16.2. The fourth-order valence-corrected chi connectivity index (χ4v) is 4.30. The Morgan fingerprint density at radius 3 is 2.19 bits per heavy atom. The van der Waals surface area contributed by atoms with Crippen molar-refractivity contribution in [1.29, 1.82) is 0 Å². The van der Waals surface area contributed by atoms with Crippen LogP contribution in [0, 0.1) is 0 Å².